The highest BCUT2D eigenvalue weighted by molar-refractivity contribution is 5.85. The summed E-state index contributed by atoms with van der Waals surface area (Å²) in [5.41, 5.74) is 6.33. The second-order valence-corrected chi connectivity index (χ2v) is 5.97. The van der Waals surface area contributed by atoms with Crippen LogP contribution in [0.5, 0.6) is 0 Å². The number of likely N-dealkylation sites (tertiary alicyclic amines) is 1. The van der Waals surface area contributed by atoms with Gasteiger partial charge in [-0.1, -0.05) is 25.5 Å². The molecule has 110 valence electrons. The number of piperidine rings is 1. The molecule has 1 saturated heterocycles. The fourth-order valence-electron chi connectivity index (χ4n) is 3.38. The van der Waals surface area contributed by atoms with Crippen LogP contribution in [0.2, 0.25) is 0 Å². The van der Waals surface area contributed by atoms with Crippen molar-refractivity contribution in [1.29, 1.82) is 0 Å². The number of hydrogen-bond acceptors (Lipinski definition) is 2. The molecule has 4 heteroatoms. The molecule has 1 spiro atoms. The maximum absolute atomic E-state index is 12.3. The van der Waals surface area contributed by atoms with Gasteiger partial charge in [0.05, 0.1) is 6.04 Å². The van der Waals surface area contributed by atoms with E-state index in [1.165, 1.54) is 19.3 Å². The van der Waals surface area contributed by atoms with Gasteiger partial charge < -0.3 is 10.6 Å². The minimum absolute atomic E-state index is 0. The van der Waals surface area contributed by atoms with E-state index in [0.29, 0.717) is 5.41 Å². The molecule has 19 heavy (non-hydrogen) atoms. The SMILES string of the molecule is CCCC(N)C(=O)N1CCCC2(CC=CCC2)C1.Cl. The van der Waals surface area contributed by atoms with Crippen molar-refractivity contribution in [3.8, 4) is 0 Å². The van der Waals surface area contributed by atoms with Crippen molar-refractivity contribution >= 4 is 18.3 Å². The summed E-state index contributed by atoms with van der Waals surface area (Å²) < 4.78 is 0. The third-order valence-electron chi connectivity index (χ3n) is 4.45. The average molecular weight is 287 g/mol. The molecule has 1 amide bonds. The highest BCUT2D eigenvalue weighted by Crippen LogP contribution is 2.40. The molecule has 0 aromatic carbocycles. The molecule has 0 radical (unpaired) electrons. The number of carbonyl (C=O) groups excluding carboxylic acids is 1. The van der Waals surface area contributed by atoms with Crippen molar-refractivity contribution < 1.29 is 4.79 Å². The second-order valence-electron chi connectivity index (χ2n) is 5.97. The van der Waals surface area contributed by atoms with Crippen molar-refractivity contribution in [1.82, 2.24) is 4.90 Å². The molecule has 0 bridgehead atoms. The van der Waals surface area contributed by atoms with Gasteiger partial charge in [0.2, 0.25) is 5.91 Å². The van der Waals surface area contributed by atoms with E-state index >= 15 is 0 Å². The summed E-state index contributed by atoms with van der Waals surface area (Å²) in [6, 6.07) is -0.288. The largest absolute Gasteiger partial charge is 0.341 e. The Morgan fingerprint density at radius 1 is 1.42 bits per heavy atom. The van der Waals surface area contributed by atoms with Crippen molar-refractivity contribution in [2.24, 2.45) is 11.1 Å². The Kier molecular flexibility index (Phi) is 6.34. The number of rotatable bonds is 3. The van der Waals surface area contributed by atoms with E-state index in [4.69, 9.17) is 5.73 Å². The first-order valence-electron chi connectivity index (χ1n) is 7.36. The van der Waals surface area contributed by atoms with Crippen LogP contribution < -0.4 is 5.73 Å². The highest BCUT2D eigenvalue weighted by Gasteiger charge is 2.37. The summed E-state index contributed by atoms with van der Waals surface area (Å²) >= 11 is 0. The van der Waals surface area contributed by atoms with Crippen LogP contribution in [0.15, 0.2) is 12.2 Å². The normalized spacial score (nSPS) is 28.0. The van der Waals surface area contributed by atoms with E-state index in [0.717, 1.165) is 38.8 Å². The Morgan fingerprint density at radius 3 is 2.84 bits per heavy atom. The maximum Gasteiger partial charge on any atom is 0.239 e. The van der Waals surface area contributed by atoms with E-state index in [9.17, 15) is 4.79 Å². The van der Waals surface area contributed by atoms with Crippen molar-refractivity contribution in [2.75, 3.05) is 13.1 Å². The van der Waals surface area contributed by atoms with Crippen LogP contribution in [-0.4, -0.2) is 29.9 Å². The zero-order valence-electron chi connectivity index (χ0n) is 11.9. The molecule has 0 aromatic rings. The van der Waals surface area contributed by atoms with E-state index < -0.39 is 0 Å². The van der Waals surface area contributed by atoms with Gasteiger partial charge in [-0.2, -0.15) is 0 Å². The Labute approximate surface area is 123 Å². The zero-order chi connectivity index (χ0) is 13.0. The van der Waals surface area contributed by atoms with Gasteiger partial charge in [0, 0.05) is 13.1 Å². The lowest BCUT2D eigenvalue weighted by Crippen LogP contribution is -2.51. The predicted molar refractivity (Wildman–Crippen MR) is 81.4 cm³/mol. The number of allylic oxidation sites excluding steroid dienone is 2. The number of hydrogen-bond donors (Lipinski definition) is 1. The highest BCUT2D eigenvalue weighted by atomic mass is 35.5. The van der Waals surface area contributed by atoms with Crippen molar-refractivity contribution in [2.45, 2.75) is 57.9 Å². The lowest BCUT2D eigenvalue weighted by atomic mass is 9.71. The molecule has 1 heterocycles. The monoisotopic (exact) mass is 286 g/mol. The van der Waals surface area contributed by atoms with E-state index in [1.54, 1.807) is 0 Å². The minimum Gasteiger partial charge on any atom is -0.341 e. The Balaban J connectivity index is 0.00000180. The average Bonchev–Trinajstić information content (AvgIpc) is 2.39. The van der Waals surface area contributed by atoms with E-state index in [1.807, 2.05) is 4.90 Å². The van der Waals surface area contributed by atoms with Crippen LogP contribution in [0.25, 0.3) is 0 Å². The Hall–Kier alpha value is -0.540. The van der Waals surface area contributed by atoms with Crippen LogP contribution in [0.1, 0.15) is 51.9 Å². The summed E-state index contributed by atoms with van der Waals surface area (Å²) in [7, 11) is 0. The Morgan fingerprint density at radius 2 is 2.21 bits per heavy atom. The zero-order valence-corrected chi connectivity index (χ0v) is 12.8. The third kappa shape index (κ3) is 3.96. The fourth-order valence-corrected chi connectivity index (χ4v) is 3.38. The maximum atomic E-state index is 12.3. The summed E-state index contributed by atoms with van der Waals surface area (Å²) in [6.07, 6.45) is 12.3. The second kappa shape index (κ2) is 7.30. The molecule has 0 aromatic heterocycles. The standard InChI is InChI=1S/C15H26N2O.ClH/c1-2-7-13(16)14(18)17-11-6-10-15(12-17)8-4-3-5-9-15;/h3-4,13H,2,5-12,16H2,1H3;1H. The molecule has 2 rings (SSSR count). The minimum atomic E-state index is -0.288. The first-order valence-corrected chi connectivity index (χ1v) is 7.36. The smallest absolute Gasteiger partial charge is 0.239 e. The van der Waals surface area contributed by atoms with Gasteiger partial charge >= 0.3 is 0 Å². The van der Waals surface area contributed by atoms with Crippen LogP contribution in [0, 0.1) is 5.41 Å². The molecule has 3 nitrogen and oxygen atoms in total. The van der Waals surface area contributed by atoms with E-state index in [-0.39, 0.29) is 24.4 Å². The molecule has 2 unspecified atom stereocenters. The van der Waals surface area contributed by atoms with Crippen molar-refractivity contribution in [3.05, 3.63) is 12.2 Å². The molecule has 2 aliphatic rings. The number of nitrogens with zero attached hydrogens (tertiary/aromatic N) is 1. The van der Waals surface area contributed by atoms with Crippen LogP contribution >= 0.6 is 12.4 Å². The van der Waals surface area contributed by atoms with Gasteiger partial charge in [-0.25, -0.2) is 0 Å². The van der Waals surface area contributed by atoms with Crippen molar-refractivity contribution in [3.63, 3.8) is 0 Å². The molecular weight excluding hydrogens is 260 g/mol. The van der Waals surface area contributed by atoms with Crippen LogP contribution in [0.3, 0.4) is 0 Å². The molecule has 1 aliphatic carbocycles. The van der Waals surface area contributed by atoms with Crippen LogP contribution in [-0.2, 0) is 4.79 Å². The molecule has 1 fully saturated rings. The molecule has 2 N–H and O–H groups in total. The van der Waals surface area contributed by atoms with Gasteiger partial charge in [-0.05, 0) is 43.9 Å². The number of amides is 1. The third-order valence-corrected chi connectivity index (χ3v) is 4.45. The van der Waals surface area contributed by atoms with Gasteiger partial charge in [-0.15, -0.1) is 12.4 Å². The molecule has 0 saturated carbocycles. The predicted octanol–water partition coefficient (Wildman–Crippen LogP) is 2.88. The molecular formula is C15H27ClN2O. The van der Waals surface area contributed by atoms with Gasteiger partial charge in [0.1, 0.15) is 0 Å². The summed E-state index contributed by atoms with van der Waals surface area (Å²) in [5.74, 6) is 0.172. The first-order chi connectivity index (χ1) is 8.67. The van der Waals surface area contributed by atoms with Gasteiger partial charge in [0.25, 0.3) is 0 Å². The summed E-state index contributed by atoms with van der Waals surface area (Å²) in [4.78, 5) is 14.3. The lowest BCUT2D eigenvalue weighted by Gasteiger charge is -2.44. The molecule has 1 aliphatic heterocycles. The summed E-state index contributed by atoms with van der Waals surface area (Å²) in [6.45, 7) is 3.91. The quantitative estimate of drug-likeness (QED) is 0.811. The van der Waals surface area contributed by atoms with E-state index in [2.05, 4.69) is 19.1 Å². The number of carbonyl (C=O) groups is 1. The molecule has 2 atom stereocenters. The number of nitrogens with two attached hydrogens (primary N) is 1. The Bertz CT molecular complexity index is 332. The first kappa shape index (κ1) is 16.5. The number of halogens is 1. The van der Waals surface area contributed by atoms with Gasteiger partial charge in [-0.3, -0.25) is 4.79 Å². The van der Waals surface area contributed by atoms with Gasteiger partial charge in [0.15, 0.2) is 0 Å². The fraction of sp³-hybridized carbons (Fsp3) is 0.800. The lowest BCUT2D eigenvalue weighted by molar-refractivity contribution is -0.136. The van der Waals surface area contributed by atoms with Crippen LogP contribution in [0.4, 0.5) is 0 Å². The summed E-state index contributed by atoms with van der Waals surface area (Å²) in [5, 5.41) is 0. The topological polar surface area (TPSA) is 46.3 Å².